The molecular formula is C20H18F3NO3. The minimum absolute atomic E-state index is 0.00667. The van der Waals surface area contributed by atoms with Crippen LogP contribution in [0.25, 0.3) is 5.76 Å². The molecule has 142 valence electrons. The van der Waals surface area contributed by atoms with Crippen molar-refractivity contribution < 1.29 is 27.8 Å². The van der Waals surface area contributed by atoms with Gasteiger partial charge in [-0.3, -0.25) is 4.99 Å². The Morgan fingerprint density at radius 2 is 1.78 bits per heavy atom. The maximum Gasteiger partial charge on any atom is 0.343 e. The number of hydrogen-bond acceptors (Lipinski definition) is 4. The van der Waals surface area contributed by atoms with E-state index in [0.717, 1.165) is 17.3 Å². The number of aliphatic imine (C=N–C) groups is 1. The molecule has 7 heteroatoms. The molecule has 0 aliphatic heterocycles. The number of halogens is 3. The van der Waals surface area contributed by atoms with E-state index in [1.807, 2.05) is 26.0 Å². The first-order valence-electron chi connectivity index (χ1n) is 8.11. The third kappa shape index (κ3) is 4.75. The third-order valence-electron chi connectivity index (χ3n) is 3.70. The molecule has 0 fully saturated rings. The molecule has 2 aromatic carbocycles. The van der Waals surface area contributed by atoms with Crippen molar-refractivity contribution in [3.63, 3.8) is 0 Å². The second-order valence-electron chi connectivity index (χ2n) is 5.78. The Labute approximate surface area is 154 Å². The number of hydrogen-bond donors (Lipinski definition) is 1. The highest BCUT2D eigenvalue weighted by Crippen LogP contribution is 2.24. The van der Waals surface area contributed by atoms with E-state index in [2.05, 4.69) is 4.99 Å². The van der Waals surface area contributed by atoms with E-state index < -0.39 is 40.3 Å². The fraction of sp³-hybridized carbons (Fsp3) is 0.200. The van der Waals surface area contributed by atoms with E-state index in [1.165, 1.54) is 0 Å². The van der Waals surface area contributed by atoms with Crippen molar-refractivity contribution in [3.05, 3.63) is 70.0 Å². The predicted octanol–water partition coefficient (Wildman–Crippen LogP) is 4.96. The highest BCUT2D eigenvalue weighted by molar-refractivity contribution is 6.15. The lowest BCUT2D eigenvalue weighted by atomic mass is 10.1. The Kier molecular flexibility index (Phi) is 6.39. The van der Waals surface area contributed by atoms with Crippen LogP contribution in [0, 0.1) is 31.3 Å². The summed E-state index contributed by atoms with van der Waals surface area (Å²) in [6.07, 6.45) is 1.01. The summed E-state index contributed by atoms with van der Waals surface area (Å²) < 4.78 is 45.4. The highest BCUT2D eigenvalue weighted by atomic mass is 19.2. The van der Waals surface area contributed by atoms with Gasteiger partial charge in [-0.1, -0.05) is 17.7 Å². The summed E-state index contributed by atoms with van der Waals surface area (Å²) in [7, 11) is 0. The van der Waals surface area contributed by atoms with E-state index in [1.54, 1.807) is 13.0 Å². The van der Waals surface area contributed by atoms with Gasteiger partial charge in [-0.25, -0.2) is 18.0 Å². The third-order valence-corrected chi connectivity index (χ3v) is 3.70. The topological polar surface area (TPSA) is 58.9 Å². The second-order valence-corrected chi connectivity index (χ2v) is 5.78. The normalized spacial score (nSPS) is 12.2. The van der Waals surface area contributed by atoms with Crippen molar-refractivity contribution in [1.29, 1.82) is 0 Å². The zero-order chi connectivity index (χ0) is 20.1. The fourth-order valence-corrected chi connectivity index (χ4v) is 2.35. The number of carbonyl (C=O) groups excluding carboxylic acids is 1. The van der Waals surface area contributed by atoms with Crippen molar-refractivity contribution in [2.45, 2.75) is 20.8 Å². The summed E-state index contributed by atoms with van der Waals surface area (Å²) in [6.45, 7) is 5.25. The monoisotopic (exact) mass is 377 g/mol. The van der Waals surface area contributed by atoms with Crippen LogP contribution in [-0.4, -0.2) is 23.9 Å². The molecule has 27 heavy (non-hydrogen) atoms. The minimum atomic E-state index is -1.41. The lowest BCUT2D eigenvalue weighted by Crippen LogP contribution is -2.12. The van der Waals surface area contributed by atoms with Gasteiger partial charge in [0.15, 0.2) is 11.6 Å². The Morgan fingerprint density at radius 3 is 2.41 bits per heavy atom. The van der Waals surface area contributed by atoms with Gasteiger partial charge in [0.2, 0.25) is 0 Å². The van der Waals surface area contributed by atoms with Gasteiger partial charge in [0, 0.05) is 12.3 Å². The van der Waals surface area contributed by atoms with Gasteiger partial charge in [-0.05, 0) is 38.5 Å². The van der Waals surface area contributed by atoms with Crippen LogP contribution >= 0.6 is 0 Å². The molecule has 4 nitrogen and oxygen atoms in total. The van der Waals surface area contributed by atoms with Crippen LogP contribution < -0.4 is 0 Å². The molecule has 0 saturated carbocycles. The molecule has 0 aliphatic carbocycles. The first kappa shape index (κ1) is 20.2. The molecule has 0 aliphatic rings. The SMILES string of the molecule is CCOC(=O)/C(C=Nc1ccc(C)cc1C)=C(/O)c1cc(F)c(F)cc1F. The van der Waals surface area contributed by atoms with Crippen molar-refractivity contribution in [1.82, 2.24) is 0 Å². The number of aliphatic hydroxyl groups is 1. The predicted molar refractivity (Wildman–Crippen MR) is 96.6 cm³/mol. The summed E-state index contributed by atoms with van der Waals surface area (Å²) in [5.74, 6) is -5.89. The molecule has 2 aromatic rings. The van der Waals surface area contributed by atoms with Crippen LogP contribution in [0.2, 0.25) is 0 Å². The molecule has 0 radical (unpaired) electrons. The molecule has 0 bridgehead atoms. The molecule has 0 heterocycles. The van der Waals surface area contributed by atoms with Gasteiger partial charge in [-0.15, -0.1) is 0 Å². The van der Waals surface area contributed by atoms with Crippen LogP contribution in [0.5, 0.6) is 0 Å². The minimum Gasteiger partial charge on any atom is -0.506 e. The number of benzene rings is 2. The summed E-state index contributed by atoms with van der Waals surface area (Å²) in [4.78, 5) is 16.3. The Bertz CT molecular complexity index is 936. The first-order valence-corrected chi connectivity index (χ1v) is 8.11. The van der Waals surface area contributed by atoms with E-state index >= 15 is 0 Å². The van der Waals surface area contributed by atoms with Crippen molar-refractivity contribution in [3.8, 4) is 0 Å². The molecule has 0 aromatic heterocycles. The van der Waals surface area contributed by atoms with Gasteiger partial charge >= 0.3 is 5.97 Å². The summed E-state index contributed by atoms with van der Waals surface area (Å²) in [5, 5.41) is 10.3. The van der Waals surface area contributed by atoms with E-state index in [4.69, 9.17) is 4.74 Å². The molecule has 0 spiro atoms. The molecule has 0 amide bonds. The van der Waals surface area contributed by atoms with Crippen LogP contribution in [0.15, 0.2) is 40.9 Å². The zero-order valence-corrected chi connectivity index (χ0v) is 15.0. The maximum absolute atomic E-state index is 14.0. The van der Waals surface area contributed by atoms with Crippen molar-refractivity contribution in [2.75, 3.05) is 6.61 Å². The van der Waals surface area contributed by atoms with Gasteiger partial charge in [0.25, 0.3) is 0 Å². The number of ether oxygens (including phenoxy) is 1. The zero-order valence-electron chi connectivity index (χ0n) is 15.0. The second kappa shape index (κ2) is 8.53. The first-order chi connectivity index (χ1) is 12.7. The van der Waals surface area contributed by atoms with Gasteiger partial charge in [-0.2, -0.15) is 0 Å². The summed E-state index contributed by atoms with van der Waals surface area (Å²) in [6, 6.07) is 6.13. The Balaban J connectivity index is 2.57. The lowest BCUT2D eigenvalue weighted by molar-refractivity contribution is -0.137. The summed E-state index contributed by atoms with van der Waals surface area (Å²) >= 11 is 0. The number of rotatable bonds is 5. The fourth-order valence-electron chi connectivity index (χ4n) is 2.35. The highest BCUT2D eigenvalue weighted by Gasteiger charge is 2.21. The number of carbonyl (C=O) groups is 1. The molecule has 1 N–H and O–H groups in total. The average Bonchev–Trinajstić information content (AvgIpc) is 2.60. The quantitative estimate of drug-likeness (QED) is 0.264. The Morgan fingerprint density at radius 1 is 1.11 bits per heavy atom. The van der Waals surface area contributed by atoms with Crippen molar-refractivity contribution in [2.24, 2.45) is 4.99 Å². The van der Waals surface area contributed by atoms with Gasteiger partial charge in [0.05, 0.1) is 17.9 Å². The summed E-state index contributed by atoms with van der Waals surface area (Å²) in [5.41, 5.74) is 1.18. The van der Waals surface area contributed by atoms with E-state index in [-0.39, 0.29) is 12.7 Å². The number of aryl methyl sites for hydroxylation is 2. The number of esters is 1. The molecule has 0 atom stereocenters. The van der Waals surface area contributed by atoms with E-state index in [9.17, 15) is 23.1 Å². The largest absolute Gasteiger partial charge is 0.506 e. The van der Waals surface area contributed by atoms with E-state index in [0.29, 0.717) is 11.8 Å². The van der Waals surface area contributed by atoms with Crippen LogP contribution in [0.3, 0.4) is 0 Å². The number of nitrogens with zero attached hydrogens (tertiary/aromatic N) is 1. The Hall–Kier alpha value is -3.09. The van der Waals surface area contributed by atoms with Crippen LogP contribution in [-0.2, 0) is 9.53 Å². The van der Waals surface area contributed by atoms with Gasteiger partial charge < -0.3 is 9.84 Å². The average molecular weight is 377 g/mol. The standard InChI is InChI=1S/C20H18F3NO3/c1-4-27-20(26)14(10-24-18-6-5-11(2)7-12(18)3)19(25)13-8-16(22)17(23)9-15(13)21/h5-10,25H,4H2,1-3H3/b19-14+,24-10?. The molecule has 0 unspecified atom stereocenters. The lowest BCUT2D eigenvalue weighted by Gasteiger charge is -2.09. The molecule has 0 saturated heterocycles. The van der Waals surface area contributed by atoms with Crippen molar-refractivity contribution >= 4 is 23.6 Å². The molecular weight excluding hydrogens is 359 g/mol. The van der Waals surface area contributed by atoms with Crippen LogP contribution in [0.1, 0.15) is 23.6 Å². The van der Waals surface area contributed by atoms with Crippen LogP contribution in [0.4, 0.5) is 18.9 Å². The van der Waals surface area contributed by atoms with Gasteiger partial charge in [0.1, 0.15) is 17.1 Å². The maximum atomic E-state index is 14.0. The smallest absolute Gasteiger partial charge is 0.343 e. The number of aliphatic hydroxyl groups excluding tert-OH is 1. The molecule has 2 rings (SSSR count).